The van der Waals surface area contributed by atoms with E-state index in [0.717, 1.165) is 115 Å². The number of carboxylic acids is 1. The Morgan fingerprint density at radius 2 is 0.830 bits per heavy atom. The smallest absolute Gasteiger partial charge is 0.543 e. The Morgan fingerprint density at radius 1 is 0.481 bits per heavy atom. The van der Waals surface area contributed by atoms with E-state index in [1.165, 1.54) is 50.5 Å². The Hall–Kier alpha value is -10.1. The van der Waals surface area contributed by atoms with Gasteiger partial charge in [-0.05, 0) is 104 Å². The van der Waals surface area contributed by atoms with Crippen molar-refractivity contribution < 1.29 is 82.3 Å². The first-order chi connectivity index (χ1) is 50.1. The van der Waals surface area contributed by atoms with Crippen LogP contribution in [0.5, 0.6) is 17.2 Å². The van der Waals surface area contributed by atoms with E-state index >= 15 is 0 Å². The molecule has 3 aliphatic carbocycles. The number of anilines is 6. The average Bonchev–Trinajstić information content (AvgIpc) is 1.50. The van der Waals surface area contributed by atoms with Crippen molar-refractivity contribution >= 4 is 97.2 Å². The van der Waals surface area contributed by atoms with Crippen LogP contribution in [0.3, 0.4) is 0 Å². The Balaban J connectivity index is 0.000000147. The second kappa shape index (κ2) is 32.7. The molecule has 4 amide bonds. The minimum Gasteiger partial charge on any atom is -0.543 e. The zero-order valence-corrected chi connectivity index (χ0v) is 64.6. The van der Waals surface area contributed by atoms with Gasteiger partial charge in [0.2, 0.25) is 0 Å². The summed E-state index contributed by atoms with van der Waals surface area (Å²) in [7, 11) is 10.3. The van der Waals surface area contributed by atoms with Gasteiger partial charge in [0.05, 0.1) is 98.1 Å². The van der Waals surface area contributed by atoms with E-state index in [4.69, 9.17) is 29.4 Å². The van der Waals surface area contributed by atoms with Crippen molar-refractivity contribution in [3.05, 3.63) is 109 Å². The first-order valence-electron chi connectivity index (χ1n) is 35.5. The first-order valence-corrected chi connectivity index (χ1v) is 35.5. The maximum absolute atomic E-state index is 12.8. The Labute approximate surface area is 637 Å². The maximum atomic E-state index is 12.8. The van der Waals surface area contributed by atoms with Gasteiger partial charge in [0.15, 0.2) is 0 Å². The standard InChI is InChI=1S/C26H33N7O4.C22H26N6O2.C17H24N4O4.C9H11N3O.Na/c1-26(2,3)37-25(35)33(18-6-7-18)14-16-12-32(13-16)23-11-27-21(10-28-23)24(34)29-20-8-17-15-31(4)30-19(17)9-22(20)36-5;1-27-13-16-7-18(20(30-2)8-17(16)26-27)25-22(29)19-9-24-21(10-23-19)28-11-15(12-28)6-5-14-3-4-14;1-17(2,3)25-16(24)21(12-4-5-12)10-11-8-20(9-11)14-7-18-13(6-19-14)15(22)23;1-12-5-6-3-7(10)9(13-2)4-8(6)11-12;/h8-11,15-16,18H,6-7,12-14H2,1-5H3,(H,29,34);7-10,13-15H,3-6,11-12H2,1-2H3,(H,25,29);6-7,11-12H,4-5,8-10H2,1-3H3,(H,22,23);3-5H,10H2,1-2H3;/q;;;;+1/p-1. The Morgan fingerprint density at radius 3 is 1.16 bits per heavy atom. The molecular formula is C74H93N20NaO11. The number of aryl methyl sites for hydroxylation is 3. The van der Waals surface area contributed by atoms with Crippen molar-refractivity contribution in [3.8, 4) is 17.2 Å². The number of fused-ring (bicyclic) bond motifs is 3. The van der Waals surface area contributed by atoms with E-state index in [2.05, 4.69) is 65.6 Å². The number of aromatic nitrogens is 12. The molecule has 6 aliphatic rings. The number of nitrogens with two attached hydrogens (primary N) is 1. The van der Waals surface area contributed by atoms with Crippen molar-refractivity contribution in [2.24, 2.45) is 44.8 Å². The monoisotopic (exact) mass is 1460 g/mol. The molecular weight excluding hydrogens is 1370 g/mol. The topological polar surface area (TPSA) is 352 Å². The second-order valence-electron chi connectivity index (χ2n) is 29.8. The molecule has 6 fully saturated rings. The summed E-state index contributed by atoms with van der Waals surface area (Å²) in [4.78, 5) is 96.8. The first kappa shape index (κ1) is 77.0. The van der Waals surface area contributed by atoms with Gasteiger partial charge in [-0.1, -0.05) is 19.3 Å². The summed E-state index contributed by atoms with van der Waals surface area (Å²) in [5, 5.41) is 32.2. The van der Waals surface area contributed by atoms with Gasteiger partial charge in [-0.2, -0.15) is 15.3 Å². The minimum atomic E-state index is -1.34. The van der Waals surface area contributed by atoms with Crippen LogP contribution in [-0.2, 0) is 30.6 Å². The number of hydrogen-bond acceptors (Lipinski definition) is 24. The molecule has 9 heterocycles. The van der Waals surface area contributed by atoms with Crippen LogP contribution in [0.25, 0.3) is 32.7 Å². The predicted octanol–water partition coefficient (Wildman–Crippen LogP) is 5.55. The number of carbonyl (C=O) groups excluding carboxylic acids is 5. The number of aromatic carboxylic acids is 1. The quantitative estimate of drug-likeness (QED) is 0.0621. The summed E-state index contributed by atoms with van der Waals surface area (Å²) in [6.45, 7) is 17.7. The molecule has 6 aromatic heterocycles. The third-order valence-electron chi connectivity index (χ3n) is 18.6. The van der Waals surface area contributed by atoms with E-state index < -0.39 is 17.2 Å². The van der Waals surface area contributed by atoms with Crippen LogP contribution < -0.4 is 79.9 Å². The third kappa shape index (κ3) is 19.9. The maximum Gasteiger partial charge on any atom is 1.00 e. The van der Waals surface area contributed by atoms with Crippen LogP contribution >= 0.6 is 0 Å². The van der Waals surface area contributed by atoms with Gasteiger partial charge in [0.1, 0.15) is 63.0 Å². The molecule has 9 aromatic rings. The molecule has 31 nitrogen and oxygen atoms in total. The normalized spacial score (nSPS) is 15.7. The number of ether oxygens (including phenoxy) is 5. The summed E-state index contributed by atoms with van der Waals surface area (Å²) in [6.07, 6.45) is 23.8. The van der Waals surface area contributed by atoms with Crippen LogP contribution in [0.1, 0.15) is 124 Å². The molecule has 32 heteroatoms. The number of nitrogen functional groups attached to an aromatic ring is 1. The summed E-state index contributed by atoms with van der Waals surface area (Å²) in [6, 6.07) is 11.6. The zero-order valence-electron chi connectivity index (χ0n) is 62.6. The van der Waals surface area contributed by atoms with Gasteiger partial charge in [0.25, 0.3) is 11.8 Å². The number of nitrogens with one attached hydrogen (secondary N) is 2. The molecule has 0 bridgehead atoms. The number of methoxy groups -OCH3 is 3. The van der Waals surface area contributed by atoms with Crippen molar-refractivity contribution in [3.63, 3.8) is 0 Å². The van der Waals surface area contributed by atoms with Gasteiger partial charge in [-0.15, -0.1) is 0 Å². The van der Waals surface area contributed by atoms with Crippen molar-refractivity contribution in [2.45, 2.75) is 116 Å². The van der Waals surface area contributed by atoms with Gasteiger partial charge < -0.3 is 74.5 Å². The fourth-order valence-electron chi connectivity index (χ4n) is 12.7. The summed E-state index contributed by atoms with van der Waals surface area (Å²) >= 11 is 0. The molecule has 3 saturated heterocycles. The molecule has 3 aromatic carbocycles. The minimum absolute atomic E-state index is 0. The largest absolute Gasteiger partial charge is 1.00 e. The second-order valence-corrected chi connectivity index (χ2v) is 29.8. The molecule has 0 radical (unpaired) electrons. The van der Waals surface area contributed by atoms with E-state index in [-0.39, 0.29) is 70.6 Å². The summed E-state index contributed by atoms with van der Waals surface area (Å²) in [5.41, 5.74) is 9.29. The Bertz CT molecular complexity index is 4590. The number of benzene rings is 3. The van der Waals surface area contributed by atoms with E-state index in [1.54, 1.807) is 53.8 Å². The van der Waals surface area contributed by atoms with Gasteiger partial charge in [-0.25, -0.2) is 39.5 Å². The van der Waals surface area contributed by atoms with Crippen LogP contribution in [0, 0.1) is 23.7 Å². The van der Waals surface area contributed by atoms with Crippen LogP contribution in [0.15, 0.2) is 92.2 Å². The van der Waals surface area contributed by atoms with Crippen LogP contribution in [0.2, 0.25) is 0 Å². The van der Waals surface area contributed by atoms with Crippen LogP contribution in [0.4, 0.5) is 44.1 Å². The molecule has 3 aliphatic heterocycles. The van der Waals surface area contributed by atoms with E-state index in [9.17, 15) is 29.1 Å². The van der Waals surface area contributed by atoms with E-state index in [1.807, 2.05) is 126 Å². The molecule has 0 atom stereocenters. The fourth-order valence-corrected chi connectivity index (χ4v) is 12.7. The molecule has 15 rings (SSSR count). The number of carbonyl (C=O) groups is 5. The molecule has 3 saturated carbocycles. The SMILES string of the molecule is CC(C)(C)OC(=O)N(CC1CN(c2cnc(C(=O)[O-])cn2)C1)C1CC1.COc1cc2nn(C)cc2cc1N.COc1cc2nn(C)cc2cc1NC(=O)c1cnc(N2CC(CCC3CC3)C2)cn1.COc1cc2nn(C)cc2cc1NC(=O)c1cnc(N2CC(CN(C(=O)OC(C)(C)C)C3CC3)C2)cn1.[Na+]. The number of carboxylic acid groups (broad SMARTS) is 1. The van der Waals surface area contributed by atoms with E-state index in [0.29, 0.717) is 83.0 Å². The summed E-state index contributed by atoms with van der Waals surface area (Å²) < 4.78 is 32.2. The molecule has 106 heavy (non-hydrogen) atoms. The van der Waals surface area contributed by atoms with Gasteiger partial charge >= 0.3 is 41.7 Å². The zero-order chi connectivity index (χ0) is 74.6. The van der Waals surface area contributed by atoms with Gasteiger partial charge in [-0.3, -0.25) is 23.6 Å². The number of hydrogen-bond donors (Lipinski definition) is 3. The molecule has 556 valence electrons. The summed E-state index contributed by atoms with van der Waals surface area (Å²) in [5.74, 6) is 4.34. The number of nitrogens with zero attached hydrogens (tertiary/aromatic N) is 17. The van der Waals surface area contributed by atoms with Gasteiger partial charge in [0, 0.05) is 150 Å². The molecule has 0 spiro atoms. The fraction of sp³-hybridized carbons (Fsp3) is 0.486. The molecule has 0 unspecified atom stereocenters. The third-order valence-corrected chi connectivity index (χ3v) is 18.6. The predicted molar refractivity (Wildman–Crippen MR) is 394 cm³/mol. The number of amides is 4. The van der Waals surface area contributed by atoms with Crippen molar-refractivity contribution in [2.75, 3.05) is 105 Å². The molecule has 4 N–H and O–H groups in total. The Kier molecular flexibility index (Phi) is 23.7. The number of rotatable bonds is 20. The van der Waals surface area contributed by atoms with Crippen molar-refractivity contribution in [1.82, 2.24) is 69.0 Å². The van der Waals surface area contributed by atoms with Crippen LogP contribution in [-0.4, -0.2) is 196 Å². The average molecular weight is 1460 g/mol. The van der Waals surface area contributed by atoms with Crippen molar-refractivity contribution in [1.29, 1.82) is 0 Å².